The van der Waals surface area contributed by atoms with Crippen LogP contribution in [-0.4, -0.2) is 5.91 Å². The summed E-state index contributed by atoms with van der Waals surface area (Å²) in [5.41, 5.74) is 6.81. The molecular formula is C24H25NO. The molecule has 1 amide bonds. The Morgan fingerprint density at radius 2 is 1.54 bits per heavy atom. The number of carbonyl (C=O) groups excluding carboxylic acids is 1. The van der Waals surface area contributed by atoms with E-state index in [0.29, 0.717) is 6.42 Å². The number of hydrogen-bond donors (Lipinski definition) is 1. The standard InChI is InChI=1S/C24H25NO/c1-17-13-14-18(2)21(15-17)16-23(26)25-24(20-10-5-4-6-11-20)22-12-8-7-9-19(22)3/h4-15,24H,16H2,1-3H3,(H,25,26). The molecule has 3 aromatic rings. The van der Waals surface area contributed by atoms with E-state index >= 15 is 0 Å². The Hall–Kier alpha value is -2.87. The molecule has 1 N–H and O–H groups in total. The van der Waals surface area contributed by atoms with Crippen molar-refractivity contribution in [3.05, 3.63) is 106 Å². The minimum Gasteiger partial charge on any atom is -0.345 e. The number of amides is 1. The maximum absolute atomic E-state index is 12.8. The molecule has 3 rings (SSSR count). The lowest BCUT2D eigenvalue weighted by Crippen LogP contribution is -2.31. The lowest BCUT2D eigenvalue weighted by atomic mass is 9.94. The lowest BCUT2D eigenvalue weighted by Gasteiger charge is -2.22. The van der Waals surface area contributed by atoms with Gasteiger partial charge in [-0.1, -0.05) is 78.4 Å². The van der Waals surface area contributed by atoms with Crippen LogP contribution in [0, 0.1) is 20.8 Å². The van der Waals surface area contributed by atoms with Crippen LogP contribution in [0.5, 0.6) is 0 Å². The second-order valence-electron chi connectivity index (χ2n) is 6.87. The minimum atomic E-state index is -0.144. The van der Waals surface area contributed by atoms with Crippen LogP contribution in [0.4, 0.5) is 0 Å². The summed E-state index contributed by atoms with van der Waals surface area (Å²) in [5.74, 6) is 0.0378. The van der Waals surface area contributed by atoms with E-state index in [2.05, 4.69) is 68.6 Å². The molecule has 0 radical (unpaired) electrons. The highest BCUT2D eigenvalue weighted by atomic mass is 16.1. The van der Waals surface area contributed by atoms with Crippen LogP contribution < -0.4 is 5.32 Å². The third-order valence-electron chi connectivity index (χ3n) is 4.79. The summed E-state index contributed by atoms with van der Waals surface area (Å²) in [4.78, 5) is 12.8. The average molecular weight is 343 g/mol. The molecule has 1 unspecified atom stereocenters. The molecule has 0 aliphatic rings. The summed E-state index contributed by atoms with van der Waals surface area (Å²) in [5, 5.41) is 3.25. The Bertz CT molecular complexity index is 899. The van der Waals surface area contributed by atoms with Crippen LogP contribution >= 0.6 is 0 Å². The first-order valence-corrected chi connectivity index (χ1v) is 9.00. The van der Waals surface area contributed by atoms with Crippen molar-refractivity contribution in [3.63, 3.8) is 0 Å². The molecule has 2 heteroatoms. The zero-order valence-corrected chi connectivity index (χ0v) is 15.6. The number of carbonyl (C=O) groups is 1. The van der Waals surface area contributed by atoms with E-state index in [1.54, 1.807) is 0 Å². The van der Waals surface area contributed by atoms with Crippen molar-refractivity contribution in [1.29, 1.82) is 0 Å². The lowest BCUT2D eigenvalue weighted by molar-refractivity contribution is -0.120. The fourth-order valence-electron chi connectivity index (χ4n) is 3.27. The highest BCUT2D eigenvalue weighted by Gasteiger charge is 2.18. The van der Waals surface area contributed by atoms with Gasteiger partial charge in [0.15, 0.2) is 0 Å². The highest BCUT2D eigenvalue weighted by Crippen LogP contribution is 2.25. The van der Waals surface area contributed by atoms with Crippen LogP contribution in [0.1, 0.15) is 39.4 Å². The molecule has 0 spiro atoms. The molecule has 0 aliphatic carbocycles. The summed E-state index contributed by atoms with van der Waals surface area (Å²) in [6.45, 7) is 6.20. The van der Waals surface area contributed by atoms with Crippen LogP contribution in [-0.2, 0) is 11.2 Å². The van der Waals surface area contributed by atoms with Gasteiger partial charge in [-0.15, -0.1) is 0 Å². The van der Waals surface area contributed by atoms with E-state index in [9.17, 15) is 4.79 Å². The van der Waals surface area contributed by atoms with Crippen LogP contribution in [0.3, 0.4) is 0 Å². The molecule has 132 valence electrons. The topological polar surface area (TPSA) is 29.1 Å². The second-order valence-corrected chi connectivity index (χ2v) is 6.87. The molecule has 0 aromatic heterocycles. The van der Waals surface area contributed by atoms with Gasteiger partial charge in [0.05, 0.1) is 12.5 Å². The Kier molecular flexibility index (Phi) is 5.52. The van der Waals surface area contributed by atoms with Crippen molar-refractivity contribution in [2.45, 2.75) is 33.2 Å². The van der Waals surface area contributed by atoms with Crippen molar-refractivity contribution in [2.24, 2.45) is 0 Å². The molecule has 0 aliphatic heterocycles. The van der Waals surface area contributed by atoms with Crippen LogP contribution in [0.15, 0.2) is 72.8 Å². The maximum atomic E-state index is 12.8. The fourth-order valence-corrected chi connectivity index (χ4v) is 3.27. The Morgan fingerprint density at radius 1 is 0.846 bits per heavy atom. The highest BCUT2D eigenvalue weighted by molar-refractivity contribution is 5.80. The van der Waals surface area contributed by atoms with E-state index < -0.39 is 0 Å². The van der Waals surface area contributed by atoms with E-state index in [1.165, 1.54) is 11.1 Å². The molecule has 26 heavy (non-hydrogen) atoms. The van der Waals surface area contributed by atoms with Gasteiger partial charge in [-0.25, -0.2) is 0 Å². The minimum absolute atomic E-state index is 0.0378. The van der Waals surface area contributed by atoms with Gasteiger partial charge >= 0.3 is 0 Å². The van der Waals surface area contributed by atoms with Gasteiger partial charge < -0.3 is 5.32 Å². The third-order valence-corrected chi connectivity index (χ3v) is 4.79. The predicted octanol–water partition coefficient (Wildman–Crippen LogP) is 5.06. The van der Waals surface area contributed by atoms with Crippen molar-refractivity contribution in [2.75, 3.05) is 0 Å². The number of nitrogens with one attached hydrogen (secondary N) is 1. The molecule has 1 atom stereocenters. The largest absolute Gasteiger partial charge is 0.345 e. The third kappa shape index (κ3) is 4.20. The Balaban J connectivity index is 1.87. The summed E-state index contributed by atoms with van der Waals surface area (Å²) in [7, 11) is 0. The second kappa shape index (κ2) is 8.01. The molecule has 3 aromatic carbocycles. The van der Waals surface area contributed by atoms with Crippen molar-refractivity contribution in [3.8, 4) is 0 Å². The van der Waals surface area contributed by atoms with Gasteiger partial charge in [0.25, 0.3) is 0 Å². The predicted molar refractivity (Wildman–Crippen MR) is 107 cm³/mol. The van der Waals surface area contributed by atoms with Gasteiger partial charge in [-0.2, -0.15) is 0 Å². The molecule has 0 fully saturated rings. The Morgan fingerprint density at radius 3 is 2.27 bits per heavy atom. The molecular weight excluding hydrogens is 318 g/mol. The van der Waals surface area contributed by atoms with Crippen molar-refractivity contribution < 1.29 is 4.79 Å². The summed E-state index contributed by atoms with van der Waals surface area (Å²) < 4.78 is 0. The molecule has 0 bridgehead atoms. The van der Waals surface area contributed by atoms with Crippen molar-refractivity contribution >= 4 is 5.91 Å². The van der Waals surface area contributed by atoms with Gasteiger partial charge in [0, 0.05) is 0 Å². The quantitative estimate of drug-likeness (QED) is 0.689. The molecule has 2 nitrogen and oxygen atoms in total. The summed E-state index contributed by atoms with van der Waals surface area (Å²) >= 11 is 0. The van der Waals surface area contributed by atoms with E-state index in [-0.39, 0.29) is 11.9 Å². The van der Waals surface area contributed by atoms with E-state index in [1.807, 2.05) is 30.3 Å². The summed E-state index contributed by atoms with van der Waals surface area (Å²) in [6, 6.07) is 24.5. The first-order valence-electron chi connectivity index (χ1n) is 9.00. The smallest absolute Gasteiger partial charge is 0.225 e. The number of aryl methyl sites for hydroxylation is 3. The van der Waals surface area contributed by atoms with Gasteiger partial charge in [-0.05, 0) is 48.6 Å². The van der Waals surface area contributed by atoms with Gasteiger partial charge in [0.1, 0.15) is 0 Å². The fraction of sp³-hybridized carbons (Fsp3) is 0.208. The average Bonchev–Trinajstić information content (AvgIpc) is 2.64. The maximum Gasteiger partial charge on any atom is 0.225 e. The summed E-state index contributed by atoms with van der Waals surface area (Å²) in [6.07, 6.45) is 0.392. The first kappa shape index (κ1) is 17.9. The number of benzene rings is 3. The van der Waals surface area contributed by atoms with Gasteiger partial charge in [-0.3, -0.25) is 4.79 Å². The normalized spacial score (nSPS) is 11.8. The molecule has 0 saturated carbocycles. The zero-order valence-electron chi connectivity index (χ0n) is 15.6. The Labute approximate surface area is 155 Å². The monoisotopic (exact) mass is 343 g/mol. The van der Waals surface area contributed by atoms with Crippen molar-refractivity contribution in [1.82, 2.24) is 5.32 Å². The SMILES string of the molecule is Cc1ccc(C)c(CC(=O)NC(c2ccccc2)c2ccccc2C)c1. The first-order chi connectivity index (χ1) is 12.5. The molecule has 0 heterocycles. The number of rotatable bonds is 5. The van der Waals surface area contributed by atoms with E-state index in [4.69, 9.17) is 0 Å². The van der Waals surface area contributed by atoms with E-state index in [0.717, 1.165) is 22.3 Å². The van der Waals surface area contributed by atoms with Crippen LogP contribution in [0.25, 0.3) is 0 Å². The molecule has 0 saturated heterocycles. The van der Waals surface area contributed by atoms with Gasteiger partial charge in [0.2, 0.25) is 5.91 Å². The van der Waals surface area contributed by atoms with Crippen LogP contribution in [0.2, 0.25) is 0 Å². The number of hydrogen-bond acceptors (Lipinski definition) is 1. The zero-order chi connectivity index (χ0) is 18.5.